The van der Waals surface area contributed by atoms with Crippen molar-refractivity contribution in [2.24, 2.45) is 5.92 Å². The second-order valence-corrected chi connectivity index (χ2v) is 7.12. The molecule has 3 amide bonds. The molecule has 140 valence electrons. The summed E-state index contributed by atoms with van der Waals surface area (Å²) in [5.41, 5.74) is 1.77. The molecule has 3 aliphatic heterocycles. The van der Waals surface area contributed by atoms with E-state index in [1.165, 1.54) is 0 Å². The Morgan fingerprint density at radius 2 is 1.96 bits per heavy atom. The molecule has 2 bridgehead atoms. The van der Waals surface area contributed by atoms with E-state index in [0.29, 0.717) is 31.1 Å². The molecule has 2 aromatic rings. The van der Waals surface area contributed by atoms with Crippen LogP contribution in [0.3, 0.4) is 0 Å². The summed E-state index contributed by atoms with van der Waals surface area (Å²) in [6.07, 6.45) is 1.78. The lowest BCUT2D eigenvalue weighted by molar-refractivity contribution is -0.126. The quantitative estimate of drug-likeness (QED) is 0.875. The summed E-state index contributed by atoms with van der Waals surface area (Å²) in [6, 6.07) is 17.2. The summed E-state index contributed by atoms with van der Waals surface area (Å²) < 4.78 is 5.82. The number of nitrogens with zero attached hydrogens (tertiary/aromatic N) is 1. The molecule has 2 N–H and O–H groups in total. The van der Waals surface area contributed by atoms with Crippen molar-refractivity contribution in [3.8, 4) is 5.75 Å². The summed E-state index contributed by atoms with van der Waals surface area (Å²) in [6.45, 7) is 1.50. The van der Waals surface area contributed by atoms with Crippen LogP contribution in [0.2, 0.25) is 0 Å². The van der Waals surface area contributed by atoms with E-state index in [2.05, 4.69) is 10.6 Å². The topological polar surface area (TPSA) is 70.7 Å². The molecule has 0 spiro atoms. The average molecular weight is 365 g/mol. The zero-order chi connectivity index (χ0) is 18.6. The number of urea groups is 1. The van der Waals surface area contributed by atoms with Crippen LogP contribution in [-0.2, 0) is 11.4 Å². The number of nitrogens with one attached hydrogen (secondary N) is 2. The van der Waals surface area contributed by atoms with Crippen LogP contribution in [0.4, 0.5) is 10.5 Å². The summed E-state index contributed by atoms with van der Waals surface area (Å²) in [5.74, 6) is 0.664. The van der Waals surface area contributed by atoms with E-state index in [4.69, 9.17) is 4.74 Å². The first-order chi connectivity index (χ1) is 13.2. The lowest BCUT2D eigenvalue weighted by Crippen LogP contribution is -2.44. The van der Waals surface area contributed by atoms with Crippen molar-refractivity contribution in [3.05, 3.63) is 60.2 Å². The van der Waals surface area contributed by atoms with Crippen molar-refractivity contribution >= 4 is 17.6 Å². The molecular weight excluding hydrogens is 342 g/mol. The van der Waals surface area contributed by atoms with Crippen molar-refractivity contribution in [3.63, 3.8) is 0 Å². The van der Waals surface area contributed by atoms with Gasteiger partial charge in [0.25, 0.3) is 0 Å². The average Bonchev–Trinajstić information content (AvgIpc) is 2.99. The lowest BCUT2D eigenvalue weighted by Gasteiger charge is -2.23. The van der Waals surface area contributed by atoms with Crippen molar-refractivity contribution < 1.29 is 14.3 Å². The molecule has 0 radical (unpaired) electrons. The summed E-state index contributed by atoms with van der Waals surface area (Å²) in [5, 5.41) is 5.92. The van der Waals surface area contributed by atoms with Gasteiger partial charge < -0.3 is 20.3 Å². The predicted octanol–water partition coefficient (Wildman–Crippen LogP) is 3.01. The smallest absolute Gasteiger partial charge is 0.321 e. The molecule has 27 heavy (non-hydrogen) atoms. The number of anilines is 1. The number of ether oxygens (including phenoxy) is 1. The van der Waals surface area contributed by atoms with Crippen LogP contribution in [0.25, 0.3) is 0 Å². The summed E-state index contributed by atoms with van der Waals surface area (Å²) in [4.78, 5) is 26.4. The van der Waals surface area contributed by atoms with E-state index in [-0.39, 0.29) is 23.9 Å². The molecule has 3 fully saturated rings. The molecule has 6 heteroatoms. The Morgan fingerprint density at radius 3 is 2.78 bits per heavy atom. The van der Waals surface area contributed by atoms with Gasteiger partial charge in [-0.05, 0) is 30.5 Å². The summed E-state index contributed by atoms with van der Waals surface area (Å²) in [7, 11) is 0. The van der Waals surface area contributed by atoms with Crippen molar-refractivity contribution in [1.82, 2.24) is 10.2 Å². The normalized spacial score (nSPS) is 21.3. The van der Waals surface area contributed by atoms with Gasteiger partial charge in [0.15, 0.2) is 0 Å². The zero-order valence-electron chi connectivity index (χ0n) is 15.1. The van der Waals surface area contributed by atoms with Crippen molar-refractivity contribution in [2.45, 2.75) is 25.5 Å². The van der Waals surface area contributed by atoms with Gasteiger partial charge >= 0.3 is 6.03 Å². The maximum Gasteiger partial charge on any atom is 0.321 e. The van der Waals surface area contributed by atoms with E-state index < -0.39 is 0 Å². The van der Waals surface area contributed by atoms with Crippen molar-refractivity contribution in [2.75, 3.05) is 18.4 Å². The fourth-order valence-corrected chi connectivity index (χ4v) is 3.62. The van der Waals surface area contributed by atoms with Gasteiger partial charge in [0.05, 0.1) is 5.92 Å². The molecule has 6 nitrogen and oxygen atoms in total. The van der Waals surface area contributed by atoms with E-state index in [1.807, 2.05) is 54.6 Å². The van der Waals surface area contributed by atoms with E-state index in [0.717, 1.165) is 18.4 Å². The van der Waals surface area contributed by atoms with Crippen LogP contribution < -0.4 is 15.4 Å². The zero-order valence-corrected chi connectivity index (χ0v) is 15.1. The van der Waals surface area contributed by atoms with Gasteiger partial charge in [-0.1, -0.05) is 36.4 Å². The predicted molar refractivity (Wildman–Crippen MR) is 102 cm³/mol. The fraction of sp³-hybridized carbons (Fsp3) is 0.333. The molecule has 5 rings (SSSR count). The maximum absolute atomic E-state index is 12.7. The molecule has 3 heterocycles. The third kappa shape index (κ3) is 4.22. The number of rotatable bonds is 4. The molecule has 2 aromatic carbocycles. The van der Waals surface area contributed by atoms with Gasteiger partial charge in [-0.15, -0.1) is 0 Å². The van der Waals surface area contributed by atoms with Crippen LogP contribution in [0.5, 0.6) is 5.75 Å². The first kappa shape index (κ1) is 17.4. The monoisotopic (exact) mass is 365 g/mol. The van der Waals surface area contributed by atoms with E-state index in [1.54, 1.807) is 4.90 Å². The number of carbonyl (C=O) groups excluding carboxylic acids is 2. The van der Waals surface area contributed by atoms with Gasteiger partial charge in [0.1, 0.15) is 12.4 Å². The first-order valence-electron chi connectivity index (χ1n) is 9.30. The first-order valence-corrected chi connectivity index (χ1v) is 9.30. The Labute approximate surface area is 158 Å². The molecular formula is C21H23N3O3. The molecule has 2 atom stereocenters. The second kappa shape index (κ2) is 7.70. The van der Waals surface area contributed by atoms with Gasteiger partial charge in [-0.2, -0.15) is 0 Å². The molecule has 0 aromatic heterocycles. The lowest BCUT2D eigenvalue weighted by atomic mass is 9.96. The minimum absolute atomic E-state index is 0.0579. The highest BCUT2D eigenvalue weighted by atomic mass is 16.5. The highest BCUT2D eigenvalue weighted by Gasteiger charge is 2.36. The van der Waals surface area contributed by atoms with Gasteiger partial charge in [-0.25, -0.2) is 4.79 Å². The Hall–Kier alpha value is -3.02. The number of carbonyl (C=O) groups is 2. The fourth-order valence-electron chi connectivity index (χ4n) is 3.62. The number of amides is 3. The van der Waals surface area contributed by atoms with Gasteiger partial charge in [-0.3, -0.25) is 4.79 Å². The minimum atomic E-state index is -0.177. The molecule has 0 aliphatic carbocycles. The highest BCUT2D eigenvalue weighted by molar-refractivity contribution is 5.90. The number of hydrogen-bond donors (Lipinski definition) is 2. The molecule has 3 saturated heterocycles. The van der Waals surface area contributed by atoms with Gasteiger partial charge in [0, 0.05) is 30.9 Å². The SMILES string of the molecule is O=C1N[C@@H]2CC[C@H]1CN(C(=O)Nc1cccc(OCc3ccccc3)c1)C2. The summed E-state index contributed by atoms with van der Waals surface area (Å²) >= 11 is 0. The Morgan fingerprint density at radius 1 is 1.11 bits per heavy atom. The number of fused-ring (bicyclic) bond motifs is 4. The standard InChI is InChI=1S/C21H23N3O3/c25-20-16-9-10-18(22-20)13-24(12-16)21(26)23-17-7-4-8-19(11-17)27-14-15-5-2-1-3-6-15/h1-8,11,16,18H,9-10,12-14H2,(H,22,25)(H,23,26)/t16-,18+/m0/s1. The molecule has 0 saturated carbocycles. The van der Waals surface area contributed by atoms with Gasteiger partial charge in [0.2, 0.25) is 5.91 Å². The molecule has 3 aliphatic rings. The van der Waals surface area contributed by atoms with Crippen LogP contribution in [-0.4, -0.2) is 36.0 Å². The van der Waals surface area contributed by atoms with E-state index >= 15 is 0 Å². The third-order valence-electron chi connectivity index (χ3n) is 5.08. The Bertz CT molecular complexity index is 824. The van der Waals surface area contributed by atoms with Crippen LogP contribution in [0.1, 0.15) is 18.4 Å². The Kier molecular flexibility index (Phi) is 4.96. The third-order valence-corrected chi connectivity index (χ3v) is 5.08. The minimum Gasteiger partial charge on any atom is -0.489 e. The Balaban J connectivity index is 1.37. The maximum atomic E-state index is 12.7. The van der Waals surface area contributed by atoms with Crippen LogP contribution >= 0.6 is 0 Å². The second-order valence-electron chi connectivity index (χ2n) is 7.12. The van der Waals surface area contributed by atoms with Crippen LogP contribution in [0.15, 0.2) is 54.6 Å². The number of hydrogen-bond acceptors (Lipinski definition) is 3. The highest BCUT2D eigenvalue weighted by Crippen LogP contribution is 2.24. The van der Waals surface area contributed by atoms with Crippen molar-refractivity contribution in [1.29, 1.82) is 0 Å². The van der Waals surface area contributed by atoms with Crippen LogP contribution in [0, 0.1) is 5.92 Å². The van der Waals surface area contributed by atoms with E-state index in [9.17, 15) is 9.59 Å². The number of piperidine rings is 1. The number of benzene rings is 2. The molecule has 0 unspecified atom stereocenters. The largest absolute Gasteiger partial charge is 0.489 e.